The molecule has 1 saturated carbocycles. The van der Waals surface area contributed by atoms with Gasteiger partial charge in [0, 0.05) is 19.2 Å². The van der Waals surface area contributed by atoms with Crippen LogP contribution in [0.2, 0.25) is 0 Å². The van der Waals surface area contributed by atoms with Crippen LogP contribution in [0, 0.1) is 22.7 Å². The van der Waals surface area contributed by atoms with Gasteiger partial charge in [-0.3, -0.25) is 4.79 Å². The fourth-order valence-electron chi connectivity index (χ4n) is 5.65. The molecule has 2 heterocycles. The molecule has 6 nitrogen and oxygen atoms in total. The molecule has 2 aromatic carbocycles. The maximum atomic E-state index is 14.4. The molecule has 1 amide bonds. The van der Waals surface area contributed by atoms with E-state index in [1.807, 2.05) is 60.5 Å². The van der Waals surface area contributed by atoms with Crippen molar-refractivity contribution in [2.24, 2.45) is 11.3 Å². The highest BCUT2D eigenvalue weighted by molar-refractivity contribution is 5.85. The van der Waals surface area contributed by atoms with E-state index in [0.29, 0.717) is 23.7 Å². The van der Waals surface area contributed by atoms with Crippen molar-refractivity contribution in [3.8, 4) is 11.8 Å². The molecule has 2 fully saturated rings. The van der Waals surface area contributed by atoms with Gasteiger partial charge in [0.15, 0.2) is 5.60 Å². The molecule has 3 aromatic rings. The summed E-state index contributed by atoms with van der Waals surface area (Å²) in [5, 5.41) is 9.73. The molecule has 6 heteroatoms. The summed E-state index contributed by atoms with van der Waals surface area (Å²) in [5.74, 6) is 1.26. The molecule has 5 rings (SSSR count). The zero-order chi connectivity index (χ0) is 23.6. The van der Waals surface area contributed by atoms with Crippen molar-refractivity contribution < 1.29 is 9.53 Å². The van der Waals surface area contributed by atoms with E-state index >= 15 is 0 Å². The number of hydrogen-bond acceptors (Lipinski definition) is 4. The fourth-order valence-corrected chi connectivity index (χ4v) is 5.65. The van der Waals surface area contributed by atoms with Crippen molar-refractivity contribution in [1.82, 2.24) is 14.9 Å². The Morgan fingerprint density at radius 2 is 2.03 bits per heavy atom. The SMILES string of the molecule is CN1CCCCC(CC2CC2)(C(Oc2ccccc2)(c2cccc(C#N)c2)c2cnc[nH]2)C1=O. The van der Waals surface area contributed by atoms with Crippen LogP contribution in [0.1, 0.15) is 55.3 Å². The third kappa shape index (κ3) is 3.75. The third-order valence-corrected chi connectivity index (χ3v) is 7.40. The lowest BCUT2D eigenvalue weighted by atomic mass is 9.60. The molecule has 1 aromatic heterocycles. The number of para-hydroxylation sites is 1. The molecule has 2 aliphatic rings. The molecule has 0 bridgehead atoms. The minimum absolute atomic E-state index is 0.102. The van der Waals surface area contributed by atoms with Crippen molar-refractivity contribution in [2.45, 2.75) is 44.1 Å². The van der Waals surface area contributed by atoms with E-state index in [9.17, 15) is 10.1 Å². The average molecular weight is 455 g/mol. The molecule has 1 saturated heterocycles. The number of rotatable bonds is 7. The number of H-pyrrole nitrogens is 1. The van der Waals surface area contributed by atoms with Crippen LogP contribution in [0.25, 0.3) is 0 Å². The van der Waals surface area contributed by atoms with Crippen molar-refractivity contribution in [1.29, 1.82) is 5.26 Å². The van der Waals surface area contributed by atoms with Crippen LogP contribution >= 0.6 is 0 Å². The smallest absolute Gasteiger partial charge is 0.233 e. The van der Waals surface area contributed by atoms with Crippen molar-refractivity contribution >= 4 is 5.91 Å². The van der Waals surface area contributed by atoms with Gasteiger partial charge in [0.05, 0.1) is 35.3 Å². The highest BCUT2D eigenvalue weighted by Crippen LogP contribution is 2.58. The first kappa shape index (κ1) is 22.2. The van der Waals surface area contributed by atoms with Crippen LogP contribution in [0.4, 0.5) is 0 Å². The molecule has 0 radical (unpaired) electrons. The first-order valence-corrected chi connectivity index (χ1v) is 12.1. The minimum atomic E-state index is -1.17. The summed E-state index contributed by atoms with van der Waals surface area (Å²) in [4.78, 5) is 24.0. The van der Waals surface area contributed by atoms with Crippen LogP contribution in [0.5, 0.6) is 5.75 Å². The van der Waals surface area contributed by atoms with E-state index < -0.39 is 11.0 Å². The molecular weight excluding hydrogens is 424 g/mol. The maximum Gasteiger partial charge on any atom is 0.233 e. The number of hydrogen-bond donors (Lipinski definition) is 1. The second kappa shape index (κ2) is 8.98. The summed E-state index contributed by atoms with van der Waals surface area (Å²) in [5.41, 5.74) is 0.0417. The lowest BCUT2D eigenvalue weighted by Crippen LogP contribution is -2.58. The number of carbonyl (C=O) groups excluding carboxylic acids is 1. The predicted molar refractivity (Wildman–Crippen MR) is 129 cm³/mol. The number of nitrogens with one attached hydrogen (secondary N) is 1. The largest absolute Gasteiger partial charge is 0.475 e. The summed E-state index contributed by atoms with van der Waals surface area (Å²) >= 11 is 0. The van der Waals surface area contributed by atoms with Crippen LogP contribution in [-0.2, 0) is 10.4 Å². The monoisotopic (exact) mass is 454 g/mol. The number of benzene rings is 2. The van der Waals surface area contributed by atoms with Crippen LogP contribution in [0.15, 0.2) is 67.1 Å². The van der Waals surface area contributed by atoms with E-state index in [2.05, 4.69) is 16.0 Å². The summed E-state index contributed by atoms with van der Waals surface area (Å²) in [6, 6.07) is 19.5. The van der Waals surface area contributed by atoms with E-state index in [-0.39, 0.29) is 5.91 Å². The predicted octanol–water partition coefficient (Wildman–Crippen LogP) is 5.03. The van der Waals surface area contributed by atoms with Gasteiger partial charge in [0.25, 0.3) is 0 Å². The minimum Gasteiger partial charge on any atom is -0.475 e. The summed E-state index contributed by atoms with van der Waals surface area (Å²) in [6.45, 7) is 0.730. The molecule has 174 valence electrons. The summed E-state index contributed by atoms with van der Waals surface area (Å²) in [7, 11) is 1.90. The highest BCUT2D eigenvalue weighted by Gasteiger charge is 2.63. The Kier molecular flexibility index (Phi) is 5.87. The van der Waals surface area contributed by atoms with Crippen LogP contribution in [-0.4, -0.2) is 34.4 Å². The summed E-state index contributed by atoms with van der Waals surface area (Å²) in [6.07, 6.45) is 8.99. The number of ether oxygens (including phenoxy) is 1. The maximum absolute atomic E-state index is 14.4. The van der Waals surface area contributed by atoms with Gasteiger partial charge in [0.2, 0.25) is 5.91 Å². The average Bonchev–Trinajstić information content (AvgIpc) is 3.55. The number of nitrogens with zero attached hydrogens (tertiary/aromatic N) is 3. The Hall–Kier alpha value is -3.59. The quantitative estimate of drug-likeness (QED) is 0.543. The van der Waals surface area contributed by atoms with Gasteiger partial charge in [-0.05, 0) is 49.4 Å². The molecule has 2 unspecified atom stereocenters. The first-order valence-electron chi connectivity index (χ1n) is 12.1. The molecular formula is C28H30N4O2. The second-order valence-electron chi connectivity index (χ2n) is 9.67. The Labute approximate surface area is 200 Å². The first-order chi connectivity index (χ1) is 16.6. The molecule has 0 spiro atoms. The van der Waals surface area contributed by atoms with Gasteiger partial charge in [0.1, 0.15) is 5.75 Å². The summed E-state index contributed by atoms with van der Waals surface area (Å²) < 4.78 is 7.05. The third-order valence-electron chi connectivity index (χ3n) is 7.40. The molecule has 2 atom stereocenters. The van der Waals surface area contributed by atoms with Gasteiger partial charge in [-0.2, -0.15) is 5.26 Å². The van der Waals surface area contributed by atoms with E-state index in [1.54, 1.807) is 18.6 Å². The van der Waals surface area contributed by atoms with Crippen molar-refractivity contribution in [3.05, 3.63) is 83.9 Å². The number of aromatic amines is 1. The molecule has 1 N–H and O–H groups in total. The lowest BCUT2D eigenvalue weighted by Gasteiger charge is -2.49. The Morgan fingerprint density at radius 1 is 1.21 bits per heavy atom. The van der Waals surface area contributed by atoms with Crippen molar-refractivity contribution in [3.63, 3.8) is 0 Å². The van der Waals surface area contributed by atoms with Gasteiger partial charge >= 0.3 is 0 Å². The Morgan fingerprint density at radius 3 is 2.74 bits per heavy atom. The van der Waals surface area contributed by atoms with Gasteiger partial charge in [-0.15, -0.1) is 0 Å². The lowest BCUT2D eigenvalue weighted by molar-refractivity contribution is -0.156. The molecule has 1 aliphatic carbocycles. The molecule has 1 aliphatic heterocycles. The van der Waals surface area contributed by atoms with Crippen LogP contribution < -0.4 is 4.74 Å². The number of amides is 1. The van der Waals surface area contributed by atoms with Gasteiger partial charge < -0.3 is 14.6 Å². The van der Waals surface area contributed by atoms with Crippen molar-refractivity contribution in [2.75, 3.05) is 13.6 Å². The van der Waals surface area contributed by atoms with Gasteiger partial charge in [-0.1, -0.05) is 49.6 Å². The molecule has 34 heavy (non-hydrogen) atoms. The standard InChI is InChI=1S/C28H30N4O2/c1-32-15-6-5-14-27(26(32)33,17-21-12-13-21)28(25-19-30-20-31-25,34-24-10-3-2-4-11-24)23-9-7-8-22(16-23)18-29/h2-4,7-11,16,19-21H,5-6,12-15,17H2,1H3,(H,30,31). The zero-order valence-electron chi connectivity index (χ0n) is 19.5. The van der Waals surface area contributed by atoms with Crippen LogP contribution in [0.3, 0.4) is 0 Å². The number of aromatic nitrogens is 2. The number of carbonyl (C=O) groups is 1. The topological polar surface area (TPSA) is 82.0 Å². The number of nitriles is 1. The Balaban J connectivity index is 1.84. The van der Waals surface area contributed by atoms with E-state index in [4.69, 9.17) is 4.74 Å². The van der Waals surface area contributed by atoms with E-state index in [0.717, 1.165) is 49.9 Å². The number of likely N-dealkylation sites (tertiary alicyclic amines) is 1. The second-order valence-corrected chi connectivity index (χ2v) is 9.67. The highest BCUT2D eigenvalue weighted by atomic mass is 16.5. The fraction of sp³-hybridized carbons (Fsp3) is 0.393. The zero-order valence-corrected chi connectivity index (χ0v) is 19.5. The normalized spacial score (nSPS) is 22.5. The van der Waals surface area contributed by atoms with E-state index in [1.165, 1.54) is 0 Å². The number of imidazole rings is 1. The van der Waals surface area contributed by atoms with Gasteiger partial charge in [-0.25, -0.2) is 4.98 Å². The Bertz CT molecular complexity index is 1180.